The van der Waals surface area contributed by atoms with Crippen LogP contribution in [-0.2, 0) is 4.79 Å². The first kappa shape index (κ1) is 14.3. The van der Waals surface area contributed by atoms with E-state index >= 15 is 0 Å². The second-order valence-corrected chi connectivity index (χ2v) is 7.29. The largest absolute Gasteiger partial charge is 0.481 e. The monoisotopic (exact) mass is 325 g/mol. The molecule has 0 saturated carbocycles. The van der Waals surface area contributed by atoms with Gasteiger partial charge in [0.05, 0.1) is 15.5 Å². The molecule has 1 saturated heterocycles. The minimum atomic E-state index is -0.824. The van der Waals surface area contributed by atoms with Crippen LogP contribution in [0.15, 0.2) is 6.07 Å². The molecule has 1 aliphatic rings. The third-order valence-electron chi connectivity index (χ3n) is 3.50. The van der Waals surface area contributed by atoms with Crippen molar-refractivity contribution in [3.63, 3.8) is 0 Å². The van der Waals surface area contributed by atoms with Crippen molar-refractivity contribution in [1.82, 2.24) is 9.88 Å². The van der Waals surface area contributed by atoms with E-state index in [1.807, 2.05) is 25.1 Å². The summed E-state index contributed by atoms with van der Waals surface area (Å²) in [5, 5.41) is 9.92. The van der Waals surface area contributed by atoms with Crippen LogP contribution >= 0.6 is 22.7 Å². The number of likely N-dealkylation sites (tertiary alicyclic amines) is 1. The number of hydrogen-bond acceptors (Lipinski definition) is 6. The van der Waals surface area contributed by atoms with Crippen LogP contribution in [0.25, 0.3) is 9.53 Å². The van der Waals surface area contributed by atoms with Gasteiger partial charge in [-0.1, -0.05) is 11.3 Å². The third-order valence-corrected chi connectivity index (χ3v) is 5.81. The van der Waals surface area contributed by atoms with Crippen molar-refractivity contribution in [2.75, 3.05) is 32.1 Å². The van der Waals surface area contributed by atoms with Crippen molar-refractivity contribution in [3.8, 4) is 0 Å². The first-order valence-electron chi connectivity index (χ1n) is 6.55. The maximum Gasteiger partial charge on any atom is 0.308 e. The molecule has 3 heterocycles. The van der Waals surface area contributed by atoms with Crippen molar-refractivity contribution >= 4 is 49.2 Å². The lowest BCUT2D eigenvalue weighted by Crippen LogP contribution is -2.29. The number of fused-ring (bicyclic) bond motifs is 1. The summed E-state index contributed by atoms with van der Waals surface area (Å²) in [6, 6.07) is 1.86. The van der Waals surface area contributed by atoms with Gasteiger partial charge in [-0.25, -0.2) is 4.98 Å². The number of nitrogens with zero attached hydrogens (tertiary/aromatic N) is 3. The molecule has 2 aromatic heterocycles. The zero-order valence-electron chi connectivity index (χ0n) is 11.7. The molecule has 1 aliphatic heterocycles. The zero-order chi connectivity index (χ0) is 15.1. The number of hydrogen-bond donors (Lipinski definition) is 1. The second kappa shape index (κ2) is 5.27. The van der Waals surface area contributed by atoms with Crippen molar-refractivity contribution in [2.45, 2.75) is 6.42 Å². The van der Waals surface area contributed by atoms with Crippen LogP contribution in [0.1, 0.15) is 16.1 Å². The lowest BCUT2D eigenvalue weighted by Gasteiger charge is -2.14. The van der Waals surface area contributed by atoms with Crippen LogP contribution < -0.4 is 4.90 Å². The predicted octanol–water partition coefficient (Wildman–Crippen LogP) is 1.97. The molecule has 2 aromatic rings. The summed E-state index contributed by atoms with van der Waals surface area (Å²) in [6.45, 7) is 0.813. The SMILES string of the molecule is CN(C)c1nc2sc(C(=O)N3CCC(C(=O)O)C3)cc2s1. The summed E-state index contributed by atoms with van der Waals surface area (Å²) in [5.74, 6) is -1.34. The summed E-state index contributed by atoms with van der Waals surface area (Å²) >= 11 is 2.93. The van der Waals surface area contributed by atoms with Gasteiger partial charge in [-0.3, -0.25) is 9.59 Å². The maximum atomic E-state index is 12.4. The number of thiazole rings is 1. The average molecular weight is 325 g/mol. The molecule has 1 N–H and O–H groups in total. The van der Waals surface area contributed by atoms with E-state index < -0.39 is 11.9 Å². The van der Waals surface area contributed by atoms with Crippen LogP contribution in [0.4, 0.5) is 5.13 Å². The minimum Gasteiger partial charge on any atom is -0.481 e. The van der Waals surface area contributed by atoms with Crippen LogP contribution in [0.2, 0.25) is 0 Å². The highest BCUT2D eigenvalue weighted by Crippen LogP contribution is 2.34. The summed E-state index contributed by atoms with van der Waals surface area (Å²) in [5.41, 5.74) is 0. The van der Waals surface area contributed by atoms with E-state index in [4.69, 9.17) is 5.11 Å². The third kappa shape index (κ3) is 2.60. The Bertz CT molecular complexity index is 675. The van der Waals surface area contributed by atoms with Crippen LogP contribution in [0.3, 0.4) is 0 Å². The van der Waals surface area contributed by atoms with E-state index in [-0.39, 0.29) is 5.91 Å². The summed E-state index contributed by atoms with van der Waals surface area (Å²) < 4.78 is 1.00. The van der Waals surface area contributed by atoms with Crippen LogP contribution in [0, 0.1) is 5.92 Å². The molecule has 0 aliphatic carbocycles. The normalized spacial score (nSPS) is 18.4. The van der Waals surface area contributed by atoms with Crippen molar-refractivity contribution in [1.29, 1.82) is 0 Å². The quantitative estimate of drug-likeness (QED) is 0.934. The molecule has 0 spiro atoms. The molecule has 1 amide bonds. The summed E-state index contributed by atoms with van der Waals surface area (Å²) in [7, 11) is 3.87. The van der Waals surface area contributed by atoms with Crippen molar-refractivity contribution in [2.24, 2.45) is 5.92 Å². The van der Waals surface area contributed by atoms with Gasteiger partial charge >= 0.3 is 5.97 Å². The van der Waals surface area contributed by atoms with Gasteiger partial charge in [-0.05, 0) is 12.5 Å². The molecular weight excluding hydrogens is 310 g/mol. The van der Waals surface area contributed by atoms with Crippen molar-refractivity contribution < 1.29 is 14.7 Å². The van der Waals surface area contributed by atoms with Gasteiger partial charge < -0.3 is 14.9 Å². The Balaban J connectivity index is 1.79. The standard InChI is InChI=1S/C13H15N3O3S2/c1-15(2)13-14-10-8(21-13)5-9(20-10)11(17)16-4-3-7(6-16)12(18)19/h5,7H,3-4,6H2,1-2H3,(H,18,19). The van der Waals surface area contributed by atoms with Gasteiger partial charge in [0.25, 0.3) is 5.91 Å². The first-order chi connectivity index (χ1) is 9.95. The fourth-order valence-corrected chi connectivity index (χ4v) is 4.42. The number of thiophene rings is 1. The number of aromatic nitrogens is 1. The molecular formula is C13H15N3O3S2. The Morgan fingerprint density at radius 1 is 1.43 bits per heavy atom. The molecule has 0 bridgehead atoms. The van der Waals surface area contributed by atoms with E-state index in [0.29, 0.717) is 24.4 Å². The van der Waals surface area contributed by atoms with Crippen LogP contribution in [0.5, 0.6) is 0 Å². The number of anilines is 1. The van der Waals surface area contributed by atoms with Gasteiger partial charge in [-0.15, -0.1) is 11.3 Å². The van der Waals surface area contributed by atoms with E-state index in [0.717, 1.165) is 14.7 Å². The topological polar surface area (TPSA) is 73.7 Å². The Labute approximate surface area is 129 Å². The molecule has 1 atom stereocenters. The highest BCUT2D eigenvalue weighted by molar-refractivity contribution is 7.29. The van der Waals surface area contributed by atoms with E-state index in [1.54, 1.807) is 16.2 Å². The highest BCUT2D eigenvalue weighted by atomic mass is 32.1. The molecule has 1 fully saturated rings. The Kier molecular flexibility index (Phi) is 3.58. The average Bonchev–Trinajstić information content (AvgIpc) is 3.11. The molecule has 21 heavy (non-hydrogen) atoms. The summed E-state index contributed by atoms with van der Waals surface area (Å²) in [4.78, 5) is 32.9. The lowest BCUT2D eigenvalue weighted by atomic mass is 10.1. The summed E-state index contributed by atoms with van der Waals surface area (Å²) in [6.07, 6.45) is 0.532. The Morgan fingerprint density at radius 2 is 2.19 bits per heavy atom. The Hall–Kier alpha value is -1.67. The molecule has 0 radical (unpaired) electrons. The highest BCUT2D eigenvalue weighted by Gasteiger charge is 2.32. The Morgan fingerprint density at radius 3 is 2.76 bits per heavy atom. The number of rotatable bonds is 3. The zero-order valence-corrected chi connectivity index (χ0v) is 13.3. The van der Waals surface area contributed by atoms with E-state index in [9.17, 15) is 9.59 Å². The predicted molar refractivity (Wildman–Crippen MR) is 83.5 cm³/mol. The maximum absolute atomic E-state index is 12.4. The molecule has 1 unspecified atom stereocenters. The molecule has 8 heteroatoms. The van der Waals surface area contributed by atoms with E-state index in [1.165, 1.54) is 11.3 Å². The van der Waals surface area contributed by atoms with E-state index in [2.05, 4.69) is 4.98 Å². The first-order valence-corrected chi connectivity index (χ1v) is 8.19. The fraction of sp³-hybridized carbons (Fsp3) is 0.462. The number of amides is 1. The van der Waals surface area contributed by atoms with Gasteiger partial charge in [0.15, 0.2) is 5.13 Å². The number of carbonyl (C=O) groups is 2. The number of carbonyl (C=O) groups excluding carboxylic acids is 1. The lowest BCUT2D eigenvalue weighted by molar-refractivity contribution is -0.141. The van der Waals surface area contributed by atoms with Gasteiger partial charge in [-0.2, -0.15) is 0 Å². The fourth-order valence-electron chi connectivity index (χ4n) is 2.32. The van der Waals surface area contributed by atoms with Gasteiger partial charge in [0, 0.05) is 27.2 Å². The number of carboxylic acid groups (broad SMARTS) is 1. The minimum absolute atomic E-state index is 0.0830. The second-order valence-electron chi connectivity index (χ2n) is 5.25. The number of carboxylic acids is 1. The number of aliphatic carboxylic acids is 1. The van der Waals surface area contributed by atoms with Crippen LogP contribution in [-0.4, -0.2) is 54.1 Å². The molecule has 0 aromatic carbocycles. The smallest absolute Gasteiger partial charge is 0.308 e. The van der Waals surface area contributed by atoms with Gasteiger partial charge in [0.1, 0.15) is 4.83 Å². The molecule has 6 nitrogen and oxygen atoms in total. The van der Waals surface area contributed by atoms with Gasteiger partial charge in [0.2, 0.25) is 0 Å². The van der Waals surface area contributed by atoms with Crippen molar-refractivity contribution in [3.05, 3.63) is 10.9 Å². The molecule has 112 valence electrons. The molecule has 3 rings (SSSR count).